The number of carbonyl (C=O) groups excluding carboxylic acids is 2. The van der Waals surface area contributed by atoms with E-state index in [9.17, 15) is 14.0 Å². The van der Waals surface area contributed by atoms with Gasteiger partial charge in [0, 0.05) is 37.0 Å². The molecule has 2 amide bonds. The molecule has 0 spiro atoms. The van der Waals surface area contributed by atoms with Crippen LogP contribution in [-0.2, 0) is 22.7 Å². The first-order valence-corrected chi connectivity index (χ1v) is 11.5. The monoisotopic (exact) mass is 497 g/mol. The molecule has 35 heavy (non-hydrogen) atoms. The summed E-state index contributed by atoms with van der Waals surface area (Å²) in [5, 5.41) is 0.186. The molecule has 1 unspecified atom stereocenters. The van der Waals surface area contributed by atoms with Gasteiger partial charge < -0.3 is 19.3 Å². The third kappa shape index (κ3) is 6.35. The van der Waals surface area contributed by atoms with Gasteiger partial charge in [-0.15, -0.1) is 0 Å². The number of aromatic nitrogens is 1. The molecular formula is C26H25ClFN3O4. The highest BCUT2D eigenvalue weighted by atomic mass is 35.5. The number of carbonyl (C=O) groups is 2. The van der Waals surface area contributed by atoms with Crippen LogP contribution in [-0.4, -0.2) is 59.4 Å². The van der Waals surface area contributed by atoms with Crippen LogP contribution in [0.4, 0.5) is 4.39 Å². The molecule has 2 aromatic carbocycles. The number of rotatable bonds is 7. The van der Waals surface area contributed by atoms with E-state index in [1.54, 1.807) is 36.3 Å². The lowest BCUT2D eigenvalue weighted by Crippen LogP contribution is -2.39. The zero-order chi connectivity index (χ0) is 24.8. The highest BCUT2D eigenvalue weighted by Crippen LogP contribution is 2.19. The number of hydrogen-bond donors (Lipinski definition) is 0. The predicted octanol–water partition coefficient (Wildman–Crippen LogP) is 3.95. The molecule has 0 radical (unpaired) electrons. The van der Waals surface area contributed by atoms with Crippen LogP contribution < -0.4 is 4.74 Å². The first kappa shape index (κ1) is 24.6. The number of ether oxygens (including phenoxy) is 2. The number of methoxy groups -OCH3 is 1. The molecule has 1 atom stereocenters. The number of hydrogen-bond acceptors (Lipinski definition) is 5. The van der Waals surface area contributed by atoms with Gasteiger partial charge in [0.1, 0.15) is 23.3 Å². The number of pyridine rings is 1. The average molecular weight is 498 g/mol. The van der Waals surface area contributed by atoms with E-state index >= 15 is 0 Å². The summed E-state index contributed by atoms with van der Waals surface area (Å²) in [6.45, 7) is 0.656. The minimum absolute atomic E-state index is 0.0189. The van der Waals surface area contributed by atoms with Gasteiger partial charge in [0.15, 0.2) is 0 Å². The fourth-order valence-electron chi connectivity index (χ4n) is 3.88. The van der Waals surface area contributed by atoms with Crippen LogP contribution in [0.3, 0.4) is 0 Å². The summed E-state index contributed by atoms with van der Waals surface area (Å²) in [5.74, 6) is -0.221. The molecular weight excluding hydrogens is 473 g/mol. The van der Waals surface area contributed by atoms with Crippen molar-refractivity contribution in [1.29, 1.82) is 0 Å². The maximum absolute atomic E-state index is 14.1. The standard InChI is InChI=1S/C26H25ClFN3O4/c1-34-21-8-6-18(7-9-21)13-30-14-22(35-17-20-4-2-3-5-23(20)28)15-31(16-25(30)32)26(33)19-10-11-29-24(27)12-19/h2-12,22H,13-17H2,1H3. The molecule has 0 bridgehead atoms. The predicted molar refractivity (Wildman–Crippen MR) is 129 cm³/mol. The summed E-state index contributed by atoms with van der Waals surface area (Å²) in [4.78, 5) is 33.4. The van der Waals surface area contributed by atoms with E-state index in [-0.39, 0.29) is 49.0 Å². The first-order valence-electron chi connectivity index (χ1n) is 11.1. The maximum atomic E-state index is 14.1. The molecule has 1 aliphatic heterocycles. The van der Waals surface area contributed by atoms with Gasteiger partial charge in [0.05, 0.1) is 19.8 Å². The number of amides is 2. The van der Waals surface area contributed by atoms with Crippen molar-refractivity contribution in [1.82, 2.24) is 14.8 Å². The summed E-state index contributed by atoms with van der Waals surface area (Å²) in [6, 6.07) is 16.8. The molecule has 0 aliphatic carbocycles. The SMILES string of the molecule is COc1ccc(CN2CC(OCc3ccccc3F)CN(C(=O)c3ccnc(Cl)c3)CC2=O)cc1. The number of halogens is 2. The molecule has 182 valence electrons. The Morgan fingerprint density at radius 3 is 2.63 bits per heavy atom. The van der Waals surface area contributed by atoms with E-state index < -0.39 is 6.10 Å². The van der Waals surface area contributed by atoms with Gasteiger partial charge >= 0.3 is 0 Å². The lowest BCUT2D eigenvalue weighted by atomic mass is 10.2. The molecule has 1 aromatic heterocycles. The Labute approximate surface area is 208 Å². The average Bonchev–Trinajstić information content (AvgIpc) is 3.02. The fourth-order valence-corrected chi connectivity index (χ4v) is 4.06. The molecule has 1 fully saturated rings. The van der Waals surface area contributed by atoms with Gasteiger partial charge in [-0.25, -0.2) is 9.37 Å². The minimum atomic E-state index is -0.527. The first-order chi connectivity index (χ1) is 16.9. The Morgan fingerprint density at radius 1 is 1.14 bits per heavy atom. The number of benzene rings is 2. The van der Waals surface area contributed by atoms with E-state index in [2.05, 4.69) is 4.98 Å². The lowest BCUT2D eigenvalue weighted by molar-refractivity contribution is -0.132. The maximum Gasteiger partial charge on any atom is 0.254 e. The largest absolute Gasteiger partial charge is 0.497 e. The van der Waals surface area contributed by atoms with Gasteiger partial charge in [0.2, 0.25) is 5.91 Å². The zero-order valence-electron chi connectivity index (χ0n) is 19.2. The van der Waals surface area contributed by atoms with Gasteiger partial charge in [0.25, 0.3) is 5.91 Å². The quantitative estimate of drug-likeness (QED) is 0.462. The Kier molecular flexibility index (Phi) is 7.94. The Hall–Kier alpha value is -3.49. The summed E-state index contributed by atoms with van der Waals surface area (Å²) < 4.78 is 25.4. The van der Waals surface area contributed by atoms with Gasteiger partial charge in [-0.2, -0.15) is 0 Å². The van der Waals surface area contributed by atoms with E-state index in [1.807, 2.05) is 24.3 Å². The normalized spacial score (nSPS) is 16.2. The van der Waals surface area contributed by atoms with Crippen molar-refractivity contribution < 1.29 is 23.5 Å². The topological polar surface area (TPSA) is 72.0 Å². The Balaban J connectivity index is 1.55. The molecule has 7 nitrogen and oxygen atoms in total. The van der Waals surface area contributed by atoms with E-state index in [0.29, 0.717) is 17.7 Å². The zero-order valence-corrected chi connectivity index (χ0v) is 20.0. The van der Waals surface area contributed by atoms with E-state index in [4.69, 9.17) is 21.1 Å². The smallest absolute Gasteiger partial charge is 0.254 e. The van der Waals surface area contributed by atoms with Crippen LogP contribution in [0.15, 0.2) is 66.9 Å². The lowest BCUT2D eigenvalue weighted by Gasteiger charge is -2.25. The summed E-state index contributed by atoms with van der Waals surface area (Å²) in [7, 11) is 1.59. The fraction of sp³-hybridized carbons (Fsp3) is 0.269. The van der Waals surface area contributed by atoms with Crippen LogP contribution in [0, 0.1) is 5.82 Å². The van der Waals surface area contributed by atoms with Crippen molar-refractivity contribution in [3.8, 4) is 5.75 Å². The van der Waals surface area contributed by atoms with Crippen LogP contribution in [0.2, 0.25) is 5.15 Å². The second-order valence-electron chi connectivity index (χ2n) is 8.20. The third-order valence-electron chi connectivity index (χ3n) is 5.75. The van der Waals surface area contributed by atoms with Gasteiger partial charge in [-0.05, 0) is 35.9 Å². The molecule has 4 rings (SSSR count). The number of nitrogens with zero attached hydrogens (tertiary/aromatic N) is 3. The summed E-state index contributed by atoms with van der Waals surface area (Å²) in [5.41, 5.74) is 1.64. The van der Waals surface area contributed by atoms with Crippen LogP contribution in [0.25, 0.3) is 0 Å². The second kappa shape index (κ2) is 11.3. The third-order valence-corrected chi connectivity index (χ3v) is 5.96. The molecule has 2 heterocycles. The molecule has 1 aliphatic rings. The van der Waals surface area contributed by atoms with E-state index in [1.165, 1.54) is 23.2 Å². The van der Waals surface area contributed by atoms with Crippen molar-refractivity contribution in [3.05, 3.63) is 94.5 Å². The molecule has 0 saturated carbocycles. The van der Waals surface area contributed by atoms with Crippen LogP contribution in [0.5, 0.6) is 5.75 Å². The molecule has 3 aromatic rings. The van der Waals surface area contributed by atoms with Crippen molar-refractivity contribution in [3.63, 3.8) is 0 Å². The molecule has 0 N–H and O–H groups in total. The van der Waals surface area contributed by atoms with Crippen LogP contribution in [0.1, 0.15) is 21.5 Å². The van der Waals surface area contributed by atoms with Gasteiger partial charge in [-0.3, -0.25) is 9.59 Å². The van der Waals surface area contributed by atoms with Crippen molar-refractivity contribution in [2.75, 3.05) is 26.7 Å². The Morgan fingerprint density at radius 2 is 1.91 bits per heavy atom. The van der Waals surface area contributed by atoms with E-state index in [0.717, 1.165) is 11.3 Å². The second-order valence-corrected chi connectivity index (χ2v) is 8.59. The van der Waals surface area contributed by atoms with Crippen LogP contribution >= 0.6 is 11.6 Å². The Bertz CT molecular complexity index is 1190. The molecule has 9 heteroatoms. The van der Waals surface area contributed by atoms with Crippen molar-refractivity contribution >= 4 is 23.4 Å². The summed E-state index contributed by atoms with van der Waals surface area (Å²) >= 11 is 5.96. The van der Waals surface area contributed by atoms with Gasteiger partial charge in [-0.1, -0.05) is 41.9 Å². The summed E-state index contributed by atoms with van der Waals surface area (Å²) in [6.07, 6.45) is 0.915. The molecule has 1 saturated heterocycles. The minimum Gasteiger partial charge on any atom is -0.497 e. The highest BCUT2D eigenvalue weighted by molar-refractivity contribution is 6.29. The van der Waals surface area contributed by atoms with Crippen molar-refractivity contribution in [2.45, 2.75) is 19.3 Å². The van der Waals surface area contributed by atoms with Crippen molar-refractivity contribution in [2.24, 2.45) is 0 Å². The highest BCUT2D eigenvalue weighted by Gasteiger charge is 2.31.